The Kier molecular flexibility index (Phi) is 7.53. The van der Waals surface area contributed by atoms with E-state index in [0.29, 0.717) is 11.5 Å². The van der Waals surface area contributed by atoms with Crippen molar-refractivity contribution in [3.05, 3.63) is 34.9 Å². The molecule has 0 saturated carbocycles. The van der Waals surface area contributed by atoms with Crippen molar-refractivity contribution >= 4 is 29.3 Å². The van der Waals surface area contributed by atoms with Crippen LogP contribution in [0, 0.1) is 0 Å². The van der Waals surface area contributed by atoms with E-state index in [0.717, 1.165) is 43.2 Å². The van der Waals surface area contributed by atoms with Crippen LogP contribution in [0.4, 0.5) is 0 Å². The normalized spacial score (nSPS) is 18.1. The minimum absolute atomic E-state index is 0.173. The van der Waals surface area contributed by atoms with Crippen LogP contribution in [0.5, 0.6) is 11.5 Å². The predicted molar refractivity (Wildman–Crippen MR) is 101 cm³/mol. The largest absolute Gasteiger partial charge is 0.507 e. The molecule has 1 aliphatic rings. The summed E-state index contributed by atoms with van der Waals surface area (Å²) in [5.41, 5.74) is 3.27. The van der Waals surface area contributed by atoms with Crippen LogP contribution < -0.4 is 4.52 Å². The molecule has 0 spiro atoms. The molecule has 23 heavy (non-hydrogen) atoms. The van der Waals surface area contributed by atoms with E-state index in [4.69, 9.17) is 27.0 Å². The second-order valence-electron chi connectivity index (χ2n) is 6.29. The lowest BCUT2D eigenvalue weighted by atomic mass is 9.84. The maximum absolute atomic E-state index is 10.6. The Bertz CT molecular complexity index is 558. The van der Waals surface area contributed by atoms with Gasteiger partial charge in [-0.15, -0.1) is 0 Å². The van der Waals surface area contributed by atoms with Crippen LogP contribution >= 0.6 is 29.3 Å². The lowest BCUT2D eigenvalue weighted by Gasteiger charge is -2.24. The first kappa shape index (κ1) is 18.9. The van der Waals surface area contributed by atoms with Gasteiger partial charge in [0.15, 0.2) is 0 Å². The number of aromatic hydroxyl groups is 1. The minimum Gasteiger partial charge on any atom is -0.507 e. The van der Waals surface area contributed by atoms with E-state index in [9.17, 15) is 5.11 Å². The predicted octanol–water partition coefficient (Wildman–Crippen LogP) is 7.42. The second kappa shape index (κ2) is 9.16. The van der Waals surface area contributed by atoms with Gasteiger partial charge in [0.25, 0.3) is 6.85 Å². The van der Waals surface area contributed by atoms with Crippen molar-refractivity contribution in [1.82, 2.24) is 0 Å². The molecule has 1 aliphatic carbocycles. The number of unbranched alkanes of at least 4 members (excludes halogenated alkanes) is 2. The summed E-state index contributed by atoms with van der Waals surface area (Å²) in [6.45, 7) is 2.77. The topological polar surface area (TPSA) is 29.5 Å². The number of phenolic OH excluding ortho intramolecular Hbond substituents is 1. The smallest absolute Gasteiger partial charge is 0.284 e. The Labute approximate surface area is 150 Å². The maximum atomic E-state index is 10.6. The first-order valence-electron chi connectivity index (χ1n) is 8.34. The van der Waals surface area contributed by atoms with Gasteiger partial charge in [0.1, 0.15) is 11.5 Å². The first-order valence-corrected chi connectivity index (χ1v) is 11.4. The van der Waals surface area contributed by atoms with Crippen molar-refractivity contribution in [2.75, 3.05) is 0 Å². The summed E-state index contributed by atoms with van der Waals surface area (Å²) in [6.07, 6.45) is 9.88. The third-order valence-corrected chi connectivity index (χ3v) is 5.11. The minimum atomic E-state index is -1.55. The third kappa shape index (κ3) is 5.55. The summed E-state index contributed by atoms with van der Waals surface area (Å²) in [7, 11) is 0. The molecular weight excluding hydrogens is 350 g/mol. The molecule has 0 radical (unpaired) electrons. The highest BCUT2D eigenvalue weighted by Crippen LogP contribution is 2.52. The van der Waals surface area contributed by atoms with Gasteiger partial charge in [0.2, 0.25) is 0 Å². The summed E-state index contributed by atoms with van der Waals surface area (Å²) in [5, 5.41) is 10.6. The van der Waals surface area contributed by atoms with E-state index in [1.807, 2.05) is 12.1 Å². The van der Waals surface area contributed by atoms with Gasteiger partial charge in [-0.2, -0.15) is 0 Å². The van der Waals surface area contributed by atoms with Crippen molar-refractivity contribution < 1.29 is 9.63 Å². The number of rotatable bonds is 7. The zero-order chi connectivity index (χ0) is 16.8. The lowest BCUT2D eigenvalue weighted by molar-refractivity contribution is 0.453. The van der Waals surface area contributed by atoms with Crippen molar-refractivity contribution in [2.24, 2.45) is 0 Å². The molecule has 2 rings (SSSR count). The van der Waals surface area contributed by atoms with Gasteiger partial charge in [-0.3, -0.25) is 0 Å². The molecular formula is C18H25Cl2O2P. The van der Waals surface area contributed by atoms with Crippen LogP contribution in [0.25, 0.3) is 0 Å². The Hall–Kier alpha value is -0.430. The molecule has 0 heterocycles. The Balaban J connectivity index is 2.33. The van der Waals surface area contributed by atoms with E-state index in [2.05, 4.69) is 19.9 Å². The number of hydrogen-bond acceptors (Lipinski definition) is 2. The summed E-state index contributed by atoms with van der Waals surface area (Å²) >= 11 is 11.8. The van der Waals surface area contributed by atoms with Crippen molar-refractivity contribution in [2.45, 2.75) is 64.7 Å². The Morgan fingerprint density at radius 2 is 2.09 bits per heavy atom. The number of allylic oxidation sites excluding steroid dienone is 2. The molecule has 1 aromatic rings. The summed E-state index contributed by atoms with van der Waals surface area (Å²) in [6, 6.07) is 3.88. The molecule has 1 unspecified atom stereocenters. The zero-order valence-electron chi connectivity index (χ0n) is 13.8. The second-order valence-corrected chi connectivity index (χ2v) is 9.24. The van der Waals surface area contributed by atoms with Crippen LogP contribution in [0.3, 0.4) is 0 Å². The van der Waals surface area contributed by atoms with E-state index >= 15 is 0 Å². The molecule has 0 aromatic heterocycles. The zero-order valence-corrected chi connectivity index (χ0v) is 16.2. The SMILES string of the molecule is CCCCCc1cc(O)c(C2C=C(C)CCC2)c(OP(Cl)Cl)c1. The maximum Gasteiger partial charge on any atom is 0.284 e. The Morgan fingerprint density at radius 3 is 2.74 bits per heavy atom. The molecule has 0 aliphatic heterocycles. The highest BCUT2D eigenvalue weighted by Gasteiger charge is 2.23. The van der Waals surface area contributed by atoms with Gasteiger partial charge in [0.05, 0.1) is 0 Å². The molecule has 1 aromatic carbocycles. The van der Waals surface area contributed by atoms with Gasteiger partial charge >= 0.3 is 0 Å². The van der Waals surface area contributed by atoms with Gasteiger partial charge in [0, 0.05) is 11.5 Å². The van der Waals surface area contributed by atoms with Gasteiger partial charge in [-0.05, 0) is 79.2 Å². The number of hydrogen-bond donors (Lipinski definition) is 1. The summed E-state index contributed by atoms with van der Waals surface area (Å²) in [5.74, 6) is 1.12. The van der Waals surface area contributed by atoms with Gasteiger partial charge in [-0.25, -0.2) is 0 Å². The van der Waals surface area contributed by atoms with Crippen LogP contribution in [0.2, 0.25) is 0 Å². The quantitative estimate of drug-likeness (QED) is 0.305. The van der Waals surface area contributed by atoms with Crippen molar-refractivity contribution in [3.8, 4) is 11.5 Å². The highest BCUT2D eigenvalue weighted by atomic mass is 35.9. The number of phenols is 1. The number of aryl methyl sites for hydroxylation is 1. The number of benzene rings is 1. The van der Waals surface area contributed by atoms with E-state index in [1.165, 1.54) is 18.4 Å². The number of halogens is 2. The van der Waals surface area contributed by atoms with Crippen molar-refractivity contribution in [3.63, 3.8) is 0 Å². The fraction of sp³-hybridized carbons (Fsp3) is 0.556. The fourth-order valence-corrected chi connectivity index (χ4v) is 4.00. The first-order chi connectivity index (χ1) is 11.0. The average molecular weight is 375 g/mol. The van der Waals surface area contributed by atoms with Crippen LogP contribution in [-0.4, -0.2) is 5.11 Å². The van der Waals surface area contributed by atoms with E-state index < -0.39 is 6.85 Å². The van der Waals surface area contributed by atoms with E-state index in [1.54, 1.807) is 0 Å². The summed E-state index contributed by atoms with van der Waals surface area (Å²) in [4.78, 5) is 0. The monoisotopic (exact) mass is 374 g/mol. The van der Waals surface area contributed by atoms with Crippen molar-refractivity contribution in [1.29, 1.82) is 0 Å². The van der Waals surface area contributed by atoms with Crippen LogP contribution in [0.1, 0.15) is 69.4 Å². The highest BCUT2D eigenvalue weighted by molar-refractivity contribution is 8.00. The molecule has 5 heteroatoms. The standard InChI is InChI=1S/C18H25Cl2O2P/c1-3-4-5-8-14-11-16(21)18(17(12-14)22-23(19)20)15-9-6-7-13(2)10-15/h10-12,15,21H,3-9H2,1-2H3. The Morgan fingerprint density at radius 1 is 1.30 bits per heavy atom. The average Bonchev–Trinajstić information content (AvgIpc) is 2.46. The summed E-state index contributed by atoms with van der Waals surface area (Å²) < 4.78 is 5.67. The van der Waals surface area contributed by atoms with Crippen LogP contribution in [-0.2, 0) is 6.42 Å². The molecule has 0 saturated heterocycles. The molecule has 0 fully saturated rings. The molecule has 1 atom stereocenters. The fourth-order valence-electron chi connectivity index (χ4n) is 3.25. The molecule has 128 valence electrons. The lowest BCUT2D eigenvalue weighted by Crippen LogP contribution is -2.05. The third-order valence-electron chi connectivity index (χ3n) is 4.36. The van der Waals surface area contributed by atoms with E-state index in [-0.39, 0.29) is 5.92 Å². The van der Waals surface area contributed by atoms with Crippen LogP contribution in [0.15, 0.2) is 23.8 Å². The molecule has 0 amide bonds. The van der Waals surface area contributed by atoms with Gasteiger partial charge in [-0.1, -0.05) is 31.4 Å². The van der Waals surface area contributed by atoms with Gasteiger partial charge < -0.3 is 9.63 Å². The molecule has 1 N–H and O–H groups in total. The molecule has 0 bridgehead atoms. The molecule has 2 nitrogen and oxygen atoms in total.